The van der Waals surface area contributed by atoms with Gasteiger partial charge in [0.2, 0.25) is 0 Å². The van der Waals surface area contributed by atoms with E-state index in [4.69, 9.17) is 34.8 Å². The number of aryl methyl sites for hydroxylation is 1. The molecule has 32 heavy (non-hydrogen) atoms. The molecule has 3 aromatic rings. The topological polar surface area (TPSA) is 52.5 Å². The van der Waals surface area contributed by atoms with Crippen molar-refractivity contribution in [1.82, 2.24) is 14.9 Å². The maximum Gasteiger partial charge on any atom is 0.148 e. The first-order valence-electron chi connectivity index (χ1n) is 10.4. The zero-order chi connectivity index (χ0) is 22.9. The number of β-amino-alcohol motifs (C(OH)–C–C–N with tert-alkyl or cyclic N) is 1. The fourth-order valence-corrected chi connectivity index (χ4v) is 4.75. The maximum absolute atomic E-state index is 11.2. The Balaban J connectivity index is 1.61. The van der Waals surface area contributed by atoms with Gasteiger partial charge in [-0.05, 0) is 43.7 Å². The SMILES string of the molecule is Cc1ccc([C@](C)(O)CN2CCN(c3ncc(Cl)cc3Cl)[C@H](c3ccc(Cl)cc3)C2)cn1. The average molecular weight is 492 g/mol. The largest absolute Gasteiger partial charge is 0.384 e. The third-order valence-corrected chi connectivity index (χ3v) is 6.58. The number of aromatic nitrogens is 2. The lowest BCUT2D eigenvalue weighted by Crippen LogP contribution is -2.52. The Kier molecular flexibility index (Phi) is 6.94. The van der Waals surface area contributed by atoms with Gasteiger partial charge in [-0.2, -0.15) is 0 Å². The van der Waals surface area contributed by atoms with Crippen molar-refractivity contribution in [2.24, 2.45) is 0 Å². The molecule has 2 atom stereocenters. The summed E-state index contributed by atoms with van der Waals surface area (Å²) in [7, 11) is 0. The molecule has 1 aliphatic heterocycles. The van der Waals surface area contributed by atoms with E-state index >= 15 is 0 Å². The van der Waals surface area contributed by atoms with Gasteiger partial charge in [0.1, 0.15) is 11.4 Å². The van der Waals surface area contributed by atoms with Crippen molar-refractivity contribution in [3.63, 3.8) is 0 Å². The van der Waals surface area contributed by atoms with Crippen LogP contribution in [-0.2, 0) is 5.60 Å². The Morgan fingerprint density at radius 3 is 2.41 bits per heavy atom. The van der Waals surface area contributed by atoms with Gasteiger partial charge in [-0.1, -0.05) is 53.0 Å². The van der Waals surface area contributed by atoms with Crippen LogP contribution in [0.5, 0.6) is 0 Å². The van der Waals surface area contributed by atoms with Crippen LogP contribution in [0.15, 0.2) is 54.9 Å². The van der Waals surface area contributed by atoms with Crippen molar-refractivity contribution in [3.8, 4) is 0 Å². The summed E-state index contributed by atoms with van der Waals surface area (Å²) in [5.41, 5.74) is 1.80. The van der Waals surface area contributed by atoms with Crippen molar-refractivity contribution in [2.75, 3.05) is 31.1 Å². The molecule has 4 rings (SSSR count). The predicted molar refractivity (Wildman–Crippen MR) is 131 cm³/mol. The zero-order valence-electron chi connectivity index (χ0n) is 18.0. The van der Waals surface area contributed by atoms with Crippen molar-refractivity contribution < 1.29 is 5.11 Å². The Labute approximate surface area is 203 Å². The van der Waals surface area contributed by atoms with Crippen LogP contribution in [0.3, 0.4) is 0 Å². The number of rotatable bonds is 5. The standard InChI is InChI=1S/C24H25Cl3N4O/c1-16-3-6-18(12-28-16)24(2,32)15-30-9-10-31(23-21(27)11-20(26)13-29-23)22(14-30)17-4-7-19(25)8-5-17/h3-8,11-13,22,32H,9-10,14-15H2,1-2H3/t22-,24+/m0/s1. The molecule has 5 nitrogen and oxygen atoms in total. The average Bonchev–Trinajstić information content (AvgIpc) is 2.75. The summed E-state index contributed by atoms with van der Waals surface area (Å²) >= 11 is 18.7. The second-order valence-corrected chi connectivity index (χ2v) is 9.70. The first kappa shape index (κ1) is 23.3. The van der Waals surface area contributed by atoms with Crippen LogP contribution in [0.1, 0.15) is 29.8 Å². The third-order valence-electron chi connectivity index (χ3n) is 5.84. The summed E-state index contributed by atoms with van der Waals surface area (Å²) in [5.74, 6) is 0.699. The highest BCUT2D eigenvalue weighted by Crippen LogP contribution is 2.36. The molecule has 1 aromatic carbocycles. The van der Waals surface area contributed by atoms with Crippen molar-refractivity contribution >= 4 is 40.6 Å². The van der Waals surface area contributed by atoms with Gasteiger partial charge in [0, 0.05) is 54.9 Å². The first-order valence-corrected chi connectivity index (χ1v) is 11.6. The van der Waals surface area contributed by atoms with E-state index in [0.717, 1.165) is 23.4 Å². The van der Waals surface area contributed by atoms with Crippen LogP contribution in [0.25, 0.3) is 0 Å². The molecule has 0 radical (unpaired) electrons. The summed E-state index contributed by atoms with van der Waals surface area (Å²) in [5, 5.41) is 12.9. The summed E-state index contributed by atoms with van der Waals surface area (Å²) in [4.78, 5) is 13.3. The number of nitrogens with zero attached hydrogens (tertiary/aromatic N) is 4. The van der Waals surface area contributed by atoms with Crippen LogP contribution in [0.2, 0.25) is 15.1 Å². The van der Waals surface area contributed by atoms with Crippen LogP contribution in [-0.4, -0.2) is 46.2 Å². The molecule has 1 fully saturated rings. The van der Waals surface area contributed by atoms with E-state index < -0.39 is 5.60 Å². The fourth-order valence-electron chi connectivity index (χ4n) is 4.14. The molecule has 1 saturated heterocycles. The van der Waals surface area contributed by atoms with Gasteiger partial charge in [-0.15, -0.1) is 0 Å². The van der Waals surface area contributed by atoms with E-state index in [-0.39, 0.29) is 6.04 Å². The molecule has 1 N–H and O–H groups in total. The second-order valence-electron chi connectivity index (χ2n) is 8.42. The van der Waals surface area contributed by atoms with E-state index in [0.29, 0.717) is 40.5 Å². The zero-order valence-corrected chi connectivity index (χ0v) is 20.2. The molecule has 0 spiro atoms. The number of benzene rings is 1. The number of aliphatic hydroxyl groups is 1. The molecule has 2 aromatic heterocycles. The van der Waals surface area contributed by atoms with E-state index in [9.17, 15) is 5.11 Å². The molecule has 0 aliphatic carbocycles. The van der Waals surface area contributed by atoms with Crippen LogP contribution in [0.4, 0.5) is 5.82 Å². The number of anilines is 1. The van der Waals surface area contributed by atoms with E-state index in [1.54, 1.807) is 18.5 Å². The molecule has 8 heteroatoms. The van der Waals surface area contributed by atoms with Crippen molar-refractivity contribution in [3.05, 3.63) is 86.7 Å². The highest BCUT2D eigenvalue weighted by Gasteiger charge is 2.34. The molecule has 1 aliphatic rings. The lowest BCUT2D eigenvalue weighted by Gasteiger charge is -2.44. The fraction of sp³-hybridized carbons (Fsp3) is 0.333. The van der Waals surface area contributed by atoms with Crippen LogP contribution < -0.4 is 4.90 Å². The number of hydrogen-bond acceptors (Lipinski definition) is 5. The molecular weight excluding hydrogens is 467 g/mol. The van der Waals surface area contributed by atoms with Gasteiger partial charge < -0.3 is 10.0 Å². The van der Waals surface area contributed by atoms with Crippen LogP contribution in [0, 0.1) is 6.92 Å². The molecule has 0 amide bonds. The summed E-state index contributed by atoms with van der Waals surface area (Å²) < 4.78 is 0. The summed E-state index contributed by atoms with van der Waals surface area (Å²) in [6, 6.07) is 13.4. The Morgan fingerprint density at radius 1 is 1.00 bits per heavy atom. The van der Waals surface area contributed by atoms with E-state index in [2.05, 4.69) is 19.8 Å². The molecule has 168 valence electrons. The van der Waals surface area contributed by atoms with Crippen molar-refractivity contribution in [1.29, 1.82) is 0 Å². The van der Waals surface area contributed by atoms with Crippen molar-refractivity contribution in [2.45, 2.75) is 25.5 Å². The van der Waals surface area contributed by atoms with E-state index in [1.165, 1.54) is 0 Å². The minimum Gasteiger partial charge on any atom is -0.384 e. The molecule has 3 heterocycles. The van der Waals surface area contributed by atoms with Gasteiger partial charge >= 0.3 is 0 Å². The molecular formula is C24H25Cl3N4O. The smallest absolute Gasteiger partial charge is 0.148 e. The molecule has 0 bridgehead atoms. The normalized spacial score (nSPS) is 19.1. The Bertz CT molecular complexity index is 1070. The minimum absolute atomic E-state index is 0.0147. The van der Waals surface area contributed by atoms with Crippen LogP contribution >= 0.6 is 34.8 Å². The third kappa shape index (κ3) is 5.19. The maximum atomic E-state index is 11.2. The highest BCUT2D eigenvalue weighted by atomic mass is 35.5. The minimum atomic E-state index is -1.02. The predicted octanol–water partition coefficient (Wildman–Crippen LogP) is 5.52. The number of halogens is 3. The summed E-state index contributed by atoms with van der Waals surface area (Å²) in [6.07, 6.45) is 3.36. The lowest BCUT2D eigenvalue weighted by atomic mass is 9.95. The number of pyridine rings is 2. The highest BCUT2D eigenvalue weighted by molar-refractivity contribution is 6.36. The number of piperazine rings is 1. The summed E-state index contributed by atoms with van der Waals surface area (Å²) in [6.45, 7) is 6.39. The Hall–Kier alpha value is -1.89. The second kappa shape index (κ2) is 9.54. The Morgan fingerprint density at radius 2 is 1.75 bits per heavy atom. The van der Waals surface area contributed by atoms with Gasteiger partial charge in [0.25, 0.3) is 0 Å². The number of hydrogen-bond donors (Lipinski definition) is 1. The lowest BCUT2D eigenvalue weighted by molar-refractivity contribution is 0.00996. The first-order chi connectivity index (χ1) is 15.2. The quantitative estimate of drug-likeness (QED) is 0.509. The monoisotopic (exact) mass is 490 g/mol. The van der Waals surface area contributed by atoms with Gasteiger partial charge in [0.05, 0.1) is 16.1 Å². The van der Waals surface area contributed by atoms with Gasteiger partial charge in [-0.25, -0.2) is 4.98 Å². The molecule has 0 saturated carbocycles. The van der Waals surface area contributed by atoms with E-state index in [1.807, 2.05) is 50.2 Å². The van der Waals surface area contributed by atoms with Gasteiger partial charge in [0.15, 0.2) is 0 Å². The van der Waals surface area contributed by atoms with Gasteiger partial charge in [-0.3, -0.25) is 9.88 Å². The molecule has 0 unspecified atom stereocenters.